The monoisotopic (exact) mass is 814 g/mol. The average Bonchev–Trinajstić information content (AvgIpc) is 3.77. The molecule has 6 aromatic carbocycles. The molecule has 0 radical (unpaired) electrons. The van der Waals surface area contributed by atoms with E-state index in [4.69, 9.17) is 36.8 Å². The van der Waals surface area contributed by atoms with E-state index in [1.165, 1.54) is 24.3 Å². The molecule has 2 aliphatic rings. The quantitative estimate of drug-likeness (QED) is 0.159. The number of para-hydroxylation sites is 4. The highest BCUT2D eigenvalue weighted by Gasteiger charge is 2.53. The van der Waals surface area contributed by atoms with Crippen LogP contribution in [0.15, 0.2) is 162 Å². The molecule has 2 aromatic heterocycles. The maximum Gasteiger partial charge on any atom is 1.07 e. The van der Waals surface area contributed by atoms with Gasteiger partial charge in [0.2, 0.25) is 11.8 Å². The summed E-state index contributed by atoms with van der Waals surface area (Å²) in [7, 11) is 0. The molecule has 0 saturated carbocycles. The smallest absolute Gasteiger partial charge is 0.589 e. The predicted molar refractivity (Wildman–Crippen MR) is 222 cm³/mol. The van der Waals surface area contributed by atoms with Crippen molar-refractivity contribution >= 4 is 100 Å². The Morgan fingerprint density at radius 2 is 0.746 bits per heavy atom. The molecule has 0 bridgehead atoms. The van der Waals surface area contributed by atoms with Gasteiger partial charge in [0, 0.05) is 47.1 Å². The van der Waals surface area contributed by atoms with Crippen molar-refractivity contribution in [3.05, 3.63) is 167 Å². The number of hydrogen-bond acceptors (Lipinski definition) is 11. The summed E-state index contributed by atoms with van der Waals surface area (Å²) in [6.45, 7) is 0. The molecule has 0 fully saturated rings. The molecule has 0 atom stereocenters. The van der Waals surface area contributed by atoms with Gasteiger partial charge in [-0.05, 0) is 84.9 Å². The standard InChI is InChI=1S/2C22H15FN2O3.2Al.O/c2*23-16-9-10-20-17(11-16)21(24-12-14-5-1-3-7-18(14)26)22(28-20)25-13-15-6-2-4-8-19(15)27;;;/h2*1-13,26-27H;;;/q;;2*+2;/p-4/b2*24-12?,25-13+;;;. The van der Waals surface area contributed by atoms with Crippen LogP contribution in [0.25, 0.3) is 21.9 Å². The Kier molecular flexibility index (Phi) is 9.80. The number of hydrogen-bond donors (Lipinski definition) is 0. The number of benzene rings is 6. The fourth-order valence-electron chi connectivity index (χ4n) is 6.48. The minimum Gasteiger partial charge on any atom is -0.589 e. The van der Waals surface area contributed by atoms with E-state index in [9.17, 15) is 8.78 Å². The van der Waals surface area contributed by atoms with Gasteiger partial charge in [-0.3, -0.25) is 0 Å². The van der Waals surface area contributed by atoms with Crippen LogP contribution in [0.5, 0.6) is 23.0 Å². The zero-order valence-corrected chi connectivity index (χ0v) is 32.9. The molecule has 4 heterocycles. The van der Waals surface area contributed by atoms with Crippen LogP contribution in [0.2, 0.25) is 0 Å². The van der Waals surface area contributed by atoms with Gasteiger partial charge < -0.3 is 26.8 Å². The van der Waals surface area contributed by atoms with E-state index in [0.717, 1.165) is 0 Å². The van der Waals surface area contributed by atoms with Gasteiger partial charge in [0.15, 0.2) is 0 Å². The molecule has 0 N–H and O–H groups in total. The van der Waals surface area contributed by atoms with Crippen LogP contribution in [0.4, 0.5) is 31.9 Å². The Bertz CT molecular complexity index is 2820. The van der Waals surface area contributed by atoms with Crippen molar-refractivity contribution < 1.29 is 35.6 Å². The number of furan rings is 2. The summed E-state index contributed by atoms with van der Waals surface area (Å²) in [5.74, 6) is 1.12. The third kappa shape index (κ3) is 7.65. The Balaban J connectivity index is 1.06. The molecule has 10 rings (SSSR count). The van der Waals surface area contributed by atoms with Gasteiger partial charge in [-0.25, -0.2) is 28.8 Å². The summed E-state index contributed by atoms with van der Waals surface area (Å²) in [5, 5.41) is 0.921. The third-order valence-corrected chi connectivity index (χ3v) is 12.9. The van der Waals surface area contributed by atoms with Gasteiger partial charge in [0.25, 0.3) is 0 Å². The number of fused-ring (bicyclic) bond motifs is 10. The van der Waals surface area contributed by atoms with Gasteiger partial charge in [-0.1, -0.05) is 48.5 Å². The number of halogens is 2. The first-order chi connectivity index (χ1) is 29.0. The first-order valence-corrected chi connectivity index (χ1v) is 21.1. The first-order valence-electron chi connectivity index (χ1n) is 18.3. The molecule has 8 aromatic rings. The fraction of sp³-hybridized carbons (Fsp3) is 0. The van der Waals surface area contributed by atoms with E-state index in [1.807, 2.05) is 72.8 Å². The SMILES string of the molecule is Fc1ccc2oc3c(c2c1)N=Cc1ccccc1[O][Al]([O][Al]1[O]c2ccccc2C=Nc2c(oc4ccc(F)cc24)/N=C/c2ccccc2[O]1)[O]c1ccccc1/C=N/3. The van der Waals surface area contributed by atoms with Crippen molar-refractivity contribution in [2.45, 2.75) is 0 Å². The zero-order valence-electron chi connectivity index (χ0n) is 30.6. The van der Waals surface area contributed by atoms with Gasteiger partial charge in [0.05, 0.1) is 33.8 Å². The fourth-order valence-corrected chi connectivity index (χ4v) is 9.88. The predicted octanol–water partition coefficient (Wildman–Crippen LogP) is 10.7. The van der Waals surface area contributed by atoms with E-state index in [2.05, 4.69) is 9.98 Å². The summed E-state index contributed by atoms with van der Waals surface area (Å²) in [6, 6.07) is 37.4. The minimum absolute atomic E-state index is 0.186. The molecule has 2 aliphatic heterocycles. The van der Waals surface area contributed by atoms with Gasteiger partial charge in [-0.15, -0.1) is 0 Å². The molecule has 0 aliphatic carbocycles. The highest BCUT2D eigenvalue weighted by atomic mass is 27.3. The van der Waals surface area contributed by atoms with Crippen LogP contribution < -0.4 is 15.2 Å². The molecule has 284 valence electrons. The van der Waals surface area contributed by atoms with Gasteiger partial charge >= 0.3 is 30.3 Å². The number of aliphatic imine (C=N–C) groups is 4. The molecule has 0 unspecified atom stereocenters. The molecule has 0 saturated heterocycles. The lowest BCUT2D eigenvalue weighted by Gasteiger charge is -2.22. The Morgan fingerprint density at radius 1 is 0.407 bits per heavy atom. The molecule has 59 heavy (non-hydrogen) atoms. The third-order valence-electron chi connectivity index (χ3n) is 9.31. The summed E-state index contributed by atoms with van der Waals surface area (Å²) in [5.41, 5.74) is 3.88. The minimum atomic E-state index is -3.35. The first kappa shape index (κ1) is 36.5. The van der Waals surface area contributed by atoms with Crippen LogP contribution in [0.1, 0.15) is 22.3 Å². The summed E-state index contributed by atoms with van der Waals surface area (Å²) in [4.78, 5) is 18.7. The van der Waals surface area contributed by atoms with E-state index in [0.29, 0.717) is 78.6 Å². The van der Waals surface area contributed by atoms with E-state index >= 15 is 0 Å². The van der Waals surface area contributed by atoms with Gasteiger partial charge in [0.1, 0.15) is 34.2 Å². The van der Waals surface area contributed by atoms with Crippen LogP contribution in [-0.4, -0.2) is 55.2 Å². The van der Waals surface area contributed by atoms with Gasteiger partial charge in [-0.2, -0.15) is 0 Å². The molecular formula is C44H26Al2F2N4O7. The van der Waals surface area contributed by atoms with Crippen molar-refractivity contribution in [3.8, 4) is 23.0 Å². The largest absolute Gasteiger partial charge is 1.07 e. The highest BCUT2D eigenvalue weighted by molar-refractivity contribution is 6.54. The van der Waals surface area contributed by atoms with Crippen molar-refractivity contribution in [3.63, 3.8) is 0 Å². The Hall–Kier alpha value is -6.84. The molecule has 0 spiro atoms. The zero-order chi connectivity index (χ0) is 39.7. The average molecular weight is 815 g/mol. The molecule has 11 nitrogen and oxygen atoms in total. The van der Waals surface area contributed by atoms with Crippen molar-refractivity contribution in [2.24, 2.45) is 20.0 Å². The highest BCUT2D eigenvalue weighted by Crippen LogP contribution is 2.42. The van der Waals surface area contributed by atoms with Crippen LogP contribution in [0.3, 0.4) is 0 Å². The van der Waals surface area contributed by atoms with E-state index < -0.39 is 41.9 Å². The maximum absolute atomic E-state index is 14.4. The lowest BCUT2D eigenvalue weighted by Crippen LogP contribution is -2.46. The lowest BCUT2D eigenvalue weighted by atomic mass is 10.2. The van der Waals surface area contributed by atoms with Crippen molar-refractivity contribution in [2.75, 3.05) is 0 Å². The second-order valence-electron chi connectivity index (χ2n) is 13.2. The Morgan fingerprint density at radius 3 is 1.12 bits per heavy atom. The summed E-state index contributed by atoms with van der Waals surface area (Å²) < 4.78 is 74.3. The maximum atomic E-state index is 14.4. The van der Waals surface area contributed by atoms with Crippen LogP contribution >= 0.6 is 0 Å². The number of nitrogens with zero attached hydrogens (tertiary/aromatic N) is 4. The second-order valence-corrected chi connectivity index (χ2v) is 16.3. The van der Waals surface area contributed by atoms with Crippen molar-refractivity contribution in [1.29, 1.82) is 0 Å². The normalized spacial score (nSPS) is 14.6. The van der Waals surface area contributed by atoms with Crippen LogP contribution in [0, 0.1) is 11.6 Å². The Labute approximate surface area is 344 Å². The molecular weight excluding hydrogens is 788 g/mol. The lowest BCUT2D eigenvalue weighted by molar-refractivity contribution is 0.236. The topological polar surface area (TPSA) is 122 Å². The summed E-state index contributed by atoms with van der Waals surface area (Å²) in [6.07, 6.45) is 6.34. The summed E-state index contributed by atoms with van der Waals surface area (Å²) >= 11 is -6.69. The van der Waals surface area contributed by atoms with Crippen LogP contribution in [-0.2, 0) is 2.84 Å². The van der Waals surface area contributed by atoms with Crippen molar-refractivity contribution in [1.82, 2.24) is 0 Å². The van der Waals surface area contributed by atoms with E-state index in [1.54, 1.807) is 61.3 Å². The van der Waals surface area contributed by atoms with E-state index in [-0.39, 0.29) is 11.8 Å². The number of rotatable bonds is 2. The molecule has 15 heteroatoms. The second kappa shape index (κ2) is 15.8. The molecule has 0 amide bonds.